The molecule has 1 saturated heterocycles. The third kappa shape index (κ3) is 6.60. The van der Waals surface area contributed by atoms with E-state index in [0.717, 1.165) is 27.4 Å². The molecule has 0 radical (unpaired) electrons. The van der Waals surface area contributed by atoms with Gasteiger partial charge in [-0.2, -0.15) is 0 Å². The summed E-state index contributed by atoms with van der Waals surface area (Å²) in [5.74, 6) is 0.571. The Kier molecular flexibility index (Phi) is 8.67. The highest BCUT2D eigenvalue weighted by Gasteiger charge is 2.35. The summed E-state index contributed by atoms with van der Waals surface area (Å²) >= 11 is 7.79. The zero-order valence-corrected chi connectivity index (χ0v) is 23.5. The average molecular weight is 648 g/mol. The van der Waals surface area contributed by atoms with Gasteiger partial charge < -0.3 is 9.47 Å². The summed E-state index contributed by atoms with van der Waals surface area (Å²) in [7, 11) is 0. The topological polar surface area (TPSA) is 99.0 Å². The van der Waals surface area contributed by atoms with Gasteiger partial charge in [-0.1, -0.05) is 44.0 Å². The summed E-state index contributed by atoms with van der Waals surface area (Å²) < 4.78 is 13.2. The van der Waals surface area contributed by atoms with Crippen LogP contribution >= 0.6 is 43.6 Å². The Bertz CT molecular complexity index is 1380. The van der Waals surface area contributed by atoms with Gasteiger partial charge in [-0.05, 0) is 77.9 Å². The molecule has 0 unspecified atom stereocenters. The van der Waals surface area contributed by atoms with Crippen molar-refractivity contribution < 1.29 is 24.0 Å². The Hall–Kier alpha value is -3.15. The molecule has 0 aromatic heterocycles. The second kappa shape index (κ2) is 11.9. The van der Waals surface area contributed by atoms with Crippen molar-refractivity contribution in [3.05, 3.63) is 101 Å². The molecule has 11 heteroatoms. The number of nitrogens with zero attached hydrogens (tertiary/aromatic N) is 2. The smallest absolute Gasteiger partial charge is 0.293 e. The van der Waals surface area contributed by atoms with Crippen LogP contribution in [0.15, 0.2) is 74.5 Å². The van der Waals surface area contributed by atoms with Gasteiger partial charge in [-0.3, -0.25) is 24.6 Å². The van der Waals surface area contributed by atoms with E-state index >= 15 is 0 Å². The lowest BCUT2D eigenvalue weighted by Crippen LogP contribution is -2.27. The van der Waals surface area contributed by atoms with Crippen LogP contribution < -0.4 is 9.47 Å². The van der Waals surface area contributed by atoms with Crippen molar-refractivity contribution in [1.29, 1.82) is 0 Å². The van der Waals surface area contributed by atoms with E-state index in [0.29, 0.717) is 33.0 Å². The molecule has 0 atom stereocenters. The van der Waals surface area contributed by atoms with Gasteiger partial charge >= 0.3 is 0 Å². The number of benzene rings is 3. The summed E-state index contributed by atoms with van der Waals surface area (Å²) in [6.07, 6.45) is 1.65. The predicted octanol–water partition coefficient (Wildman–Crippen LogP) is 7.33. The number of amides is 2. The van der Waals surface area contributed by atoms with Gasteiger partial charge in [0.2, 0.25) is 0 Å². The molecule has 8 nitrogen and oxygen atoms in total. The molecule has 1 fully saturated rings. The summed E-state index contributed by atoms with van der Waals surface area (Å²) in [4.78, 5) is 37.5. The molecule has 0 aliphatic carbocycles. The second-order valence-electron chi connectivity index (χ2n) is 7.86. The summed E-state index contributed by atoms with van der Waals surface area (Å²) in [6.45, 7) is 2.60. The first-order valence-electron chi connectivity index (χ1n) is 11.1. The first kappa shape index (κ1) is 26.9. The van der Waals surface area contributed by atoms with Gasteiger partial charge in [0.1, 0.15) is 6.61 Å². The lowest BCUT2D eigenvalue weighted by molar-refractivity contribution is -0.384. The second-order valence-corrected chi connectivity index (χ2v) is 10.6. The Morgan fingerprint density at radius 2 is 1.62 bits per heavy atom. The van der Waals surface area contributed by atoms with Crippen molar-refractivity contribution >= 4 is 66.5 Å². The minimum Gasteiger partial charge on any atom is -0.490 e. The molecular formula is C26H20Br2N2O6S. The minimum absolute atomic E-state index is 0.00658. The molecule has 37 heavy (non-hydrogen) atoms. The van der Waals surface area contributed by atoms with E-state index < -0.39 is 4.92 Å². The monoisotopic (exact) mass is 646 g/mol. The van der Waals surface area contributed by atoms with Crippen molar-refractivity contribution in [1.82, 2.24) is 4.90 Å². The first-order valence-corrected chi connectivity index (χ1v) is 13.5. The number of thioether (sulfide) groups is 1. The third-order valence-corrected chi connectivity index (χ3v) is 7.44. The maximum absolute atomic E-state index is 13.0. The van der Waals surface area contributed by atoms with Crippen LogP contribution in [0.1, 0.15) is 23.6 Å². The Morgan fingerprint density at radius 3 is 2.27 bits per heavy atom. The number of non-ortho nitro benzene ring substituents is 1. The van der Waals surface area contributed by atoms with Gasteiger partial charge in [-0.25, -0.2) is 0 Å². The van der Waals surface area contributed by atoms with E-state index in [-0.39, 0.29) is 30.0 Å². The average Bonchev–Trinajstić information content (AvgIpc) is 3.14. The van der Waals surface area contributed by atoms with Crippen LogP contribution in [0.25, 0.3) is 6.08 Å². The van der Waals surface area contributed by atoms with Gasteiger partial charge in [-0.15, -0.1) is 0 Å². The number of rotatable bonds is 9. The van der Waals surface area contributed by atoms with Crippen LogP contribution in [-0.2, 0) is 17.9 Å². The van der Waals surface area contributed by atoms with Crippen molar-refractivity contribution in [3.8, 4) is 11.5 Å². The fourth-order valence-corrected chi connectivity index (χ4v) is 5.00. The molecule has 1 aliphatic rings. The number of nitro benzene ring substituents is 1. The SMILES string of the molecule is CCOc1cc(/C=C2\SC(=O)N(Cc3ccc(Br)cc3)C2=O)c(Br)cc1OCc1ccc([N+](=O)[O-])cc1. The number of carbonyl (C=O) groups is 2. The molecule has 3 aromatic rings. The molecule has 1 aliphatic heterocycles. The molecule has 190 valence electrons. The molecule has 0 spiro atoms. The summed E-state index contributed by atoms with van der Waals surface area (Å²) in [5, 5.41) is 10.5. The van der Waals surface area contributed by atoms with Gasteiger partial charge in [0, 0.05) is 21.1 Å². The molecule has 4 rings (SSSR count). The van der Waals surface area contributed by atoms with Gasteiger partial charge in [0.15, 0.2) is 11.5 Å². The van der Waals surface area contributed by atoms with Crippen molar-refractivity contribution in [2.24, 2.45) is 0 Å². The Morgan fingerprint density at radius 1 is 0.973 bits per heavy atom. The lowest BCUT2D eigenvalue weighted by atomic mass is 10.1. The first-order chi connectivity index (χ1) is 17.7. The van der Waals surface area contributed by atoms with E-state index in [2.05, 4.69) is 31.9 Å². The van der Waals surface area contributed by atoms with Crippen LogP contribution in [-0.4, -0.2) is 27.6 Å². The van der Waals surface area contributed by atoms with Crippen molar-refractivity contribution in [2.75, 3.05) is 6.61 Å². The van der Waals surface area contributed by atoms with Gasteiger partial charge in [0.25, 0.3) is 16.8 Å². The molecule has 1 heterocycles. The predicted molar refractivity (Wildman–Crippen MR) is 148 cm³/mol. The number of nitro groups is 1. The summed E-state index contributed by atoms with van der Waals surface area (Å²) in [5.41, 5.74) is 2.26. The number of hydrogen-bond donors (Lipinski definition) is 0. The van der Waals surface area contributed by atoms with E-state index in [1.165, 1.54) is 17.0 Å². The molecular weight excluding hydrogens is 628 g/mol. The highest BCUT2D eigenvalue weighted by Crippen LogP contribution is 2.39. The standard InChI is InChI=1S/C26H20Br2N2O6S/c1-2-35-22-11-18(21(28)13-23(22)36-15-17-5-9-20(10-6-17)30(33)34)12-24-25(31)29(26(32)37-24)14-16-3-7-19(27)8-4-16/h3-13H,2,14-15H2,1H3/b24-12-. The van der Waals surface area contributed by atoms with Crippen LogP contribution in [0.4, 0.5) is 10.5 Å². The minimum atomic E-state index is -0.455. The molecule has 0 saturated carbocycles. The number of hydrogen-bond acceptors (Lipinski definition) is 7. The maximum atomic E-state index is 13.0. The zero-order chi connectivity index (χ0) is 26.5. The fraction of sp³-hybridized carbons (Fsp3) is 0.154. The lowest BCUT2D eigenvalue weighted by Gasteiger charge is -2.14. The molecule has 3 aromatic carbocycles. The highest BCUT2D eigenvalue weighted by atomic mass is 79.9. The fourth-order valence-electron chi connectivity index (χ4n) is 3.47. The number of imide groups is 1. The maximum Gasteiger partial charge on any atom is 0.293 e. The van der Waals surface area contributed by atoms with Crippen LogP contribution in [0.3, 0.4) is 0 Å². The van der Waals surface area contributed by atoms with Crippen molar-refractivity contribution in [2.45, 2.75) is 20.1 Å². The number of halogens is 2. The van der Waals surface area contributed by atoms with Crippen LogP contribution in [0.2, 0.25) is 0 Å². The molecule has 0 bridgehead atoms. The summed E-state index contributed by atoms with van der Waals surface area (Å²) in [6, 6.07) is 17.0. The van der Waals surface area contributed by atoms with Crippen molar-refractivity contribution in [3.63, 3.8) is 0 Å². The van der Waals surface area contributed by atoms with Crippen LogP contribution in [0, 0.1) is 10.1 Å². The van der Waals surface area contributed by atoms with E-state index in [1.807, 2.05) is 31.2 Å². The highest BCUT2D eigenvalue weighted by molar-refractivity contribution is 9.10. The number of ether oxygens (including phenoxy) is 2. The quantitative estimate of drug-likeness (QED) is 0.136. The third-order valence-electron chi connectivity index (χ3n) is 5.32. The Balaban J connectivity index is 1.53. The number of carbonyl (C=O) groups excluding carboxylic acids is 2. The Labute approximate surface area is 234 Å². The van der Waals surface area contributed by atoms with E-state index in [9.17, 15) is 19.7 Å². The molecule has 0 N–H and O–H groups in total. The van der Waals surface area contributed by atoms with Gasteiger partial charge in [0.05, 0.1) is 23.0 Å². The largest absolute Gasteiger partial charge is 0.490 e. The normalized spacial score (nSPS) is 14.4. The van der Waals surface area contributed by atoms with E-state index in [4.69, 9.17) is 9.47 Å². The van der Waals surface area contributed by atoms with Crippen LogP contribution in [0.5, 0.6) is 11.5 Å². The molecule has 2 amide bonds. The zero-order valence-electron chi connectivity index (χ0n) is 19.5. The van der Waals surface area contributed by atoms with E-state index in [1.54, 1.807) is 30.3 Å².